The fraction of sp³-hybridized carbons (Fsp3) is 0.167. The summed E-state index contributed by atoms with van der Waals surface area (Å²) >= 11 is 0. The first kappa shape index (κ1) is 17.3. The first-order chi connectivity index (χ1) is 11.9. The minimum Gasteiger partial charge on any atom is -0.306 e. The van der Waals surface area contributed by atoms with Gasteiger partial charge in [-0.2, -0.15) is 0 Å². The van der Waals surface area contributed by atoms with Gasteiger partial charge in [0.05, 0.1) is 11.2 Å². The van der Waals surface area contributed by atoms with Gasteiger partial charge in [-0.1, -0.05) is 12.1 Å². The second-order valence-corrected chi connectivity index (χ2v) is 7.53. The fourth-order valence-electron chi connectivity index (χ4n) is 2.50. The molecule has 0 saturated carbocycles. The zero-order chi connectivity index (χ0) is 18.0. The van der Waals surface area contributed by atoms with Gasteiger partial charge in [-0.3, -0.25) is 0 Å². The number of aryl methyl sites for hydroxylation is 1. The van der Waals surface area contributed by atoms with E-state index in [9.17, 15) is 12.8 Å². The van der Waals surface area contributed by atoms with E-state index in [0.717, 1.165) is 17.3 Å². The Morgan fingerprint density at radius 1 is 1.16 bits per heavy atom. The van der Waals surface area contributed by atoms with Gasteiger partial charge >= 0.3 is 0 Å². The Morgan fingerprint density at radius 2 is 1.88 bits per heavy atom. The molecule has 0 aliphatic heterocycles. The van der Waals surface area contributed by atoms with Crippen molar-refractivity contribution in [2.45, 2.75) is 24.8 Å². The standard InChI is InChI=1S/C18H18FN3O2S/c1-13-11-17(7-8-18(13)19)25(23,24)21-14(2)15-3-5-16(6-4-15)22-10-9-20-12-22/h3-12,14,21H,1-2H3/t14-/m0/s1. The highest BCUT2D eigenvalue weighted by molar-refractivity contribution is 7.89. The lowest BCUT2D eigenvalue weighted by Gasteiger charge is -2.15. The molecule has 0 unspecified atom stereocenters. The molecular weight excluding hydrogens is 341 g/mol. The maximum atomic E-state index is 13.3. The number of hydrogen-bond donors (Lipinski definition) is 1. The number of sulfonamides is 1. The lowest BCUT2D eigenvalue weighted by molar-refractivity contribution is 0.566. The predicted molar refractivity (Wildman–Crippen MR) is 93.4 cm³/mol. The van der Waals surface area contributed by atoms with Crippen LogP contribution in [-0.4, -0.2) is 18.0 Å². The molecule has 0 bridgehead atoms. The third-order valence-corrected chi connectivity index (χ3v) is 5.51. The minimum absolute atomic E-state index is 0.0493. The molecule has 25 heavy (non-hydrogen) atoms. The Hall–Kier alpha value is -2.51. The summed E-state index contributed by atoms with van der Waals surface area (Å²) in [6.45, 7) is 3.30. The van der Waals surface area contributed by atoms with Gasteiger partial charge < -0.3 is 4.57 Å². The summed E-state index contributed by atoms with van der Waals surface area (Å²) in [6, 6.07) is 10.8. The van der Waals surface area contributed by atoms with Crippen molar-refractivity contribution < 1.29 is 12.8 Å². The Morgan fingerprint density at radius 3 is 2.48 bits per heavy atom. The van der Waals surface area contributed by atoms with Crippen LogP contribution in [0.1, 0.15) is 24.1 Å². The summed E-state index contributed by atoms with van der Waals surface area (Å²) in [5.41, 5.74) is 2.05. The topological polar surface area (TPSA) is 64.0 Å². The molecule has 3 aromatic rings. The first-order valence-electron chi connectivity index (χ1n) is 7.73. The molecule has 0 aliphatic carbocycles. The van der Waals surface area contributed by atoms with E-state index in [1.54, 1.807) is 19.4 Å². The highest BCUT2D eigenvalue weighted by Gasteiger charge is 2.19. The lowest BCUT2D eigenvalue weighted by Crippen LogP contribution is -2.27. The normalized spacial score (nSPS) is 12.9. The number of nitrogens with one attached hydrogen (secondary N) is 1. The van der Waals surface area contributed by atoms with Crippen LogP contribution in [0.3, 0.4) is 0 Å². The van der Waals surface area contributed by atoms with E-state index < -0.39 is 21.9 Å². The third-order valence-electron chi connectivity index (χ3n) is 3.97. The summed E-state index contributed by atoms with van der Waals surface area (Å²) in [7, 11) is -3.73. The Labute approximate surface area is 146 Å². The highest BCUT2D eigenvalue weighted by Crippen LogP contribution is 2.20. The van der Waals surface area contributed by atoms with E-state index in [2.05, 4.69) is 9.71 Å². The molecule has 0 spiro atoms. The number of rotatable bonds is 5. The van der Waals surface area contributed by atoms with Gasteiger partial charge in [-0.15, -0.1) is 0 Å². The number of halogens is 1. The maximum Gasteiger partial charge on any atom is 0.241 e. The van der Waals surface area contributed by atoms with Crippen molar-refractivity contribution in [1.29, 1.82) is 0 Å². The van der Waals surface area contributed by atoms with Crippen LogP contribution in [-0.2, 0) is 10.0 Å². The second kappa shape index (κ2) is 6.78. The van der Waals surface area contributed by atoms with Crippen molar-refractivity contribution in [1.82, 2.24) is 14.3 Å². The van der Waals surface area contributed by atoms with E-state index in [0.29, 0.717) is 5.56 Å². The molecule has 130 valence electrons. The van der Waals surface area contributed by atoms with Crippen LogP contribution >= 0.6 is 0 Å². The van der Waals surface area contributed by atoms with Crippen LogP contribution < -0.4 is 4.72 Å². The third kappa shape index (κ3) is 3.78. The van der Waals surface area contributed by atoms with Crippen LogP contribution in [0.25, 0.3) is 5.69 Å². The number of benzene rings is 2. The van der Waals surface area contributed by atoms with Crippen LogP contribution in [0.2, 0.25) is 0 Å². The molecule has 5 nitrogen and oxygen atoms in total. The number of imidazole rings is 1. The minimum atomic E-state index is -3.73. The molecule has 0 saturated heterocycles. The van der Waals surface area contributed by atoms with Crippen molar-refractivity contribution in [2.24, 2.45) is 0 Å². The molecule has 2 aromatic carbocycles. The van der Waals surface area contributed by atoms with Gasteiger partial charge in [0.15, 0.2) is 0 Å². The molecule has 3 rings (SSSR count). The summed E-state index contributed by atoms with van der Waals surface area (Å²) in [5.74, 6) is -0.429. The summed E-state index contributed by atoms with van der Waals surface area (Å²) in [6.07, 6.45) is 5.21. The molecule has 7 heteroatoms. The van der Waals surface area contributed by atoms with Crippen LogP contribution in [0.5, 0.6) is 0 Å². The molecule has 0 aliphatic rings. The smallest absolute Gasteiger partial charge is 0.241 e. The summed E-state index contributed by atoms with van der Waals surface area (Å²) in [5, 5.41) is 0. The Kier molecular flexibility index (Phi) is 4.69. The molecule has 0 radical (unpaired) electrons. The SMILES string of the molecule is Cc1cc(S(=O)(=O)N[C@@H](C)c2ccc(-n3ccnc3)cc2)ccc1F. The monoisotopic (exact) mass is 359 g/mol. The van der Waals surface area contributed by atoms with Crippen LogP contribution in [0, 0.1) is 12.7 Å². The predicted octanol–water partition coefficient (Wildman–Crippen LogP) is 3.36. The zero-order valence-corrected chi connectivity index (χ0v) is 14.7. The average molecular weight is 359 g/mol. The summed E-state index contributed by atoms with van der Waals surface area (Å²) in [4.78, 5) is 4.05. The van der Waals surface area contributed by atoms with Crippen molar-refractivity contribution in [3.05, 3.63) is 78.1 Å². The van der Waals surface area contributed by atoms with E-state index in [-0.39, 0.29) is 4.90 Å². The van der Waals surface area contributed by atoms with Gasteiger partial charge in [-0.05, 0) is 55.3 Å². The molecular formula is C18H18FN3O2S. The van der Waals surface area contributed by atoms with Crippen molar-refractivity contribution in [2.75, 3.05) is 0 Å². The van der Waals surface area contributed by atoms with Crippen LogP contribution in [0.4, 0.5) is 4.39 Å². The fourth-order valence-corrected chi connectivity index (χ4v) is 3.82. The highest BCUT2D eigenvalue weighted by atomic mass is 32.2. The Bertz CT molecular complexity index is 968. The quantitative estimate of drug-likeness (QED) is 0.760. The molecule has 0 fully saturated rings. The molecule has 1 atom stereocenters. The molecule has 0 amide bonds. The van der Waals surface area contributed by atoms with E-state index >= 15 is 0 Å². The van der Waals surface area contributed by atoms with Gasteiger partial charge in [0, 0.05) is 24.1 Å². The lowest BCUT2D eigenvalue weighted by atomic mass is 10.1. The first-order valence-corrected chi connectivity index (χ1v) is 9.22. The second-order valence-electron chi connectivity index (χ2n) is 5.82. The van der Waals surface area contributed by atoms with Gasteiger partial charge in [0.1, 0.15) is 5.82 Å². The van der Waals surface area contributed by atoms with Crippen molar-refractivity contribution >= 4 is 10.0 Å². The molecule has 1 N–H and O–H groups in total. The zero-order valence-electron chi connectivity index (χ0n) is 13.8. The van der Waals surface area contributed by atoms with Crippen molar-refractivity contribution in [3.63, 3.8) is 0 Å². The summed E-state index contributed by atoms with van der Waals surface area (Å²) < 4.78 is 42.8. The van der Waals surface area contributed by atoms with E-state index in [1.165, 1.54) is 19.1 Å². The van der Waals surface area contributed by atoms with Gasteiger partial charge in [0.2, 0.25) is 10.0 Å². The van der Waals surface area contributed by atoms with E-state index in [1.807, 2.05) is 35.0 Å². The number of hydrogen-bond acceptors (Lipinski definition) is 3. The largest absolute Gasteiger partial charge is 0.306 e. The van der Waals surface area contributed by atoms with Crippen LogP contribution in [0.15, 0.2) is 66.1 Å². The number of aromatic nitrogens is 2. The molecule has 1 heterocycles. The van der Waals surface area contributed by atoms with Crippen molar-refractivity contribution in [3.8, 4) is 5.69 Å². The Balaban J connectivity index is 1.78. The maximum absolute atomic E-state index is 13.3. The average Bonchev–Trinajstić information content (AvgIpc) is 3.11. The van der Waals surface area contributed by atoms with Gasteiger partial charge in [-0.25, -0.2) is 22.5 Å². The van der Waals surface area contributed by atoms with E-state index in [4.69, 9.17) is 0 Å². The number of nitrogens with zero attached hydrogens (tertiary/aromatic N) is 2. The van der Waals surface area contributed by atoms with Gasteiger partial charge in [0.25, 0.3) is 0 Å². The molecule has 1 aromatic heterocycles.